The highest BCUT2D eigenvalue weighted by molar-refractivity contribution is 4.84. The van der Waals surface area contributed by atoms with E-state index >= 15 is 0 Å². The van der Waals surface area contributed by atoms with Gasteiger partial charge in [-0.1, -0.05) is 0 Å². The molecule has 0 saturated carbocycles. The van der Waals surface area contributed by atoms with Gasteiger partial charge in [-0.05, 0) is 19.2 Å². The Morgan fingerprint density at radius 2 is 2.00 bits per heavy atom. The first-order valence-corrected chi connectivity index (χ1v) is 3.48. The molecule has 0 bridgehead atoms. The van der Waals surface area contributed by atoms with Crippen LogP contribution in [0.1, 0.15) is 6.92 Å². The van der Waals surface area contributed by atoms with Crippen molar-refractivity contribution < 1.29 is 4.48 Å². The predicted molar refractivity (Wildman–Crippen MR) is 44.4 cm³/mol. The average Bonchev–Trinajstić information content (AvgIpc) is 1.80. The van der Waals surface area contributed by atoms with Gasteiger partial charge < -0.3 is 5.32 Å². The van der Waals surface area contributed by atoms with Gasteiger partial charge in [0.05, 0.1) is 21.1 Å². The fourth-order valence-electron chi connectivity index (χ4n) is 0.704. The Balaban J connectivity index is 4.24. The molecule has 0 aliphatic rings. The third kappa shape index (κ3) is 2.72. The van der Waals surface area contributed by atoms with E-state index in [1.54, 1.807) is 0 Å². The minimum Gasteiger partial charge on any atom is -0.335 e. The summed E-state index contributed by atoms with van der Waals surface area (Å²) < 4.78 is 0.747. The second-order valence-electron chi connectivity index (χ2n) is 3.07. The molecule has 0 heterocycles. The molecule has 10 heavy (non-hydrogen) atoms. The van der Waals surface area contributed by atoms with Gasteiger partial charge in [-0.2, -0.15) is 0 Å². The largest absolute Gasteiger partial charge is 0.335 e. The molecule has 0 aliphatic heterocycles. The molecule has 58 valence electrons. The van der Waals surface area contributed by atoms with Crippen molar-refractivity contribution in [2.45, 2.75) is 6.92 Å². The van der Waals surface area contributed by atoms with E-state index in [0.29, 0.717) is 0 Å². The molecule has 0 aliphatic carbocycles. The van der Waals surface area contributed by atoms with E-state index in [1.165, 1.54) is 0 Å². The van der Waals surface area contributed by atoms with Crippen molar-refractivity contribution in [3.05, 3.63) is 18.1 Å². The van der Waals surface area contributed by atoms with Gasteiger partial charge in [-0.25, -0.2) is 0 Å². The molecule has 0 saturated heterocycles. The normalized spacial score (nSPS) is 10.4. The summed E-state index contributed by atoms with van der Waals surface area (Å²) in [5.74, 6) is 1.03. The lowest BCUT2D eigenvalue weighted by molar-refractivity contribution is -0.834. The van der Waals surface area contributed by atoms with E-state index in [4.69, 9.17) is 0 Å². The third-order valence-electron chi connectivity index (χ3n) is 1.18. The van der Waals surface area contributed by atoms with E-state index < -0.39 is 0 Å². The molecule has 0 aromatic heterocycles. The van der Waals surface area contributed by atoms with Crippen LogP contribution >= 0.6 is 0 Å². The maximum Gasteiger partial charge on any atom is 0.245 e. The first-order chi connectivity index (χ1) is 4.52. The summed E-state index contributed by atoms with van der Waals surface area (Å²) in [7, 11) is 6.24. The van der Waals surface area contributed by atoms with Crippen LogP contribution < -0.4 is 5.32 Å². The molecule has 2 nitrogen and oxygen atoms in total. The van der Waals surface area contributed by atoms with Crippen molar-refractivity contribution in [2.24, 2.45) is 0 Å². The van der Waals surface area contributed by atoms with E-state index in [9.17, 15) is 0 Å². The number of hydrogen-bond donors (Lipinski definition) is 1. The average molecular weight is 141 g/mol. The van der Waals surface area contributed by atoms with Crippen molar-refractivity contribution in [1.29, 1.82) is 0 Å². The van der Waals surface area contributed by atoms with Gasteiger partial charge in [0.25, 0.3) is 0 Å². The lowest BCUT2D eigenvalue weighted by Crippen LogP contribution is -2.39. The Bertz CT molecular complexity index is 147. The summed E-state index contributed by atoms with van der Waals surface area (Å²) in [6, 6.07) is 0. The standard InChI is InChI=1S/C8H17N2/c1-6-8(9-7-2)10(3,4)5/h9H,1,7H2,2-5H3/q+1. The van der Waals surface area contributed by atoms with Gasteiger partial charge in [0.2, 0.25) is 5.82 Å². The quantitative estimate of drug-likeness (QED) is 0.455. The Kier molecular flexibility index (Phi) is 3.20. The fourth-order valence-corrected chi connectivity index (χ4v) is 0.704. The highest BCUT2D eigenvalue weighted by atomic mass is 15.4. The highest BCUT2D eigenvalue weighted by Crippen LogP contribution is 2.00. The van der Waals surface area contributed by atoms with Crippen LogP contribution in [0.25, 0.3) is 0 Å². The number of rotatable bonds is 3. The maximum atomic E-state index is 3.61. The molecule has 2 heteroatoms. The van der Waals surface area contributed by atoms with Crippen LogP contribution in [-0.4, -0.2) is 32.2 Å². The monoisotopic (exact) mass is 141 g/mol. The van der Waals surface area contributed by atoms with Crippen molar-refractivity contribution in [3.8, 4) is 0 Å². The maximum absolute atomic E-state index is 3.61. The fraction of sp³-hybridized carbons (Fsp3) is 0.625. The molecule has 0 fully saturated rings. The van der Waals surface area contributed by atoms with E-state index in [0.717, 1.165) is 16.8 Å². The lowest BCUT2D eigenvalue weighted by atomic mass is 10.5. The van der Waals surface area contributed by atoms with Crippen LogP contribution in [0.3, 0.4) is 0 Å². The molecule has 0 rings (SSSR count). The molecular weight excluding hydrogens is 124 g/mol. The number of hydrogen-bond acceptors (Lipinski definition) is 1. The summed E-state index contributed by atoms with van der Waals surface area (Å²) in [6.07, 6.45) is 0. The Morgan fingerprint density at radius 3 is 2.10 bits per heavy atom. The number of quaternary nitrogens is 1. The van der Waals surface area contributed by atoms with Crippen LogP contribution in [0.5, 0.6) is 0 Å². The van der Waals surface area contributed by atoms with Gasteiger partial charge in [0.1, 0.15) is 0 Å². The zero-order chi connectivity index (χ0) is 8.20. The number of nitrogens with one attached hydrogen (secondary N) is 1. The molecule has 0 spiro atoms. The minimum absolute atomic E-state index is 0.747. The van der Waals surface area contributed by atoms with E-state index in [-0.39, 0.29) is 0 Å². The SMILES string of the molecule is C=C=C(NCC)[N+](C)(C)C. The summed E-state index contributed by atoms with van der Waals surface area (Å²) in [5, 5.41) is 3.19. The van der Waals surface area contributed by atoms with Crippen molar-refractivity contribution in [2.75, 3.05) is 27.7 Å². The highest BCUT2D eigenvalue weighted by Gasteiger charge is 2.12. The Morgan fingerprint density at radius 1 is 1.50 bits per heavy atom. The first kappa shape index (κ1) is 9.28. The van der Waals surface area contributed by atoms with Crippen LogP contribution in [-0.2, 0) is 0 Å². The van der Waals surface area contributed by atoms with Crippen molar-refractivity contribution in [1.82, 2.24) is 5.32 Å². The van der Waals surface area contributed by atoms with Gasteiger partial charge in [-0.15, -0.1) is 0 Å². The van der Waals surface area contributed by atoms with Crippen LogP contribution in [0.4, 0.5) is 0 Å². The topological polar surface area (TPSA) is 12.0 Å². The molecule has 1 N–H and O–H groups in total. The second-order valence-corrected chi connectivity index (χ2v) is 3.07. The van der Waals surface area contributed by atoms with Gasteiger partial charge in [0, 0.05) is 6.54 Å². The predicted octanol–water partition coefficient (Wildman–Crippen LogP) is 0.928. The third-order valence-corrected chi connectivity index (χ3v) is 1.18. The van der Waals surface area contributed by atoms with Crippen LogP contribution in [0.15, 0.2) is 18.1 Å². The van der Waals surface area contributed by atoms with Gasteiger partial charge >= 0.3 is 0 Å². The van der Waals surface area contributed by atoms with Crippen LogP contribution in [0.2, 0.25) is 0 Å². The summed E-state index contributed by atoms with van der Waals surface area (Å²) in [4.78, 5) is 0. The lowest BCUT2D eigenvalue weighted by Gasteiger charge is -2.24. The van der Waals surface area contributed by atoms with Gasteiger partial charge in [0.15, 0.2) is 0 Å². The first-order valence-electron chi connectivity index (χ1n) is 3.48. The second kappa shape index (κ2) is 3.45. The van der Waals surface area contributed by atoms with E-state index in [2.05, 4.69) is 45.7 Å². The summed E-state index contributed by atoms with van der Waals surface area (Å²) >= 11 is 0. The zero-order valence-electron chi connectivity index (χ0n) is 7.36. The minimum atomic E-state index is 0.747. The number of nitrogens with zero attached hydrogens (tertiary/aromatic N) is 1. The van der Waals surface area contributed by atoms with Crippen molar-refractivity contribution in [3.63, 3.8) is 0 Å². The Hall–Kier alpha value is -0.720. The molecule has 0 amide bonds. The molecule has 0 radical (unpaired) electrons. The van der Waals surface area contributed by atoms with Crippen molar-refractivity contribution >= 4 is 0 Å². The molecule has 0 unspecified atom stereocenters. The molecule has 0 aromatic carbocycles. The van der Waals surface area contributed by atoms with E-state index in [1.807, 2.05) is 0 Å². The van der Waals surface area contributed by atoms with Gasteiger partial charge in [-0.3, -0.25) is 4.48 Å². The molecular formula is C8H17N2+. The zero-order valence-corrected chi connectivity index (χ0v) is 7.36. The Labute approximate surface area is 63.4 Å². The smallest absolute Gasteiger partial charge is 0.245 e. The molecule has 0 aromatic rings. The summed E-state index contributed by atoms with van der Waals surface area (Å²) in [5.41, 5.74) is 2.87. The summed E-state index contributed by atoms with van der Waals surface area (Å²) in [6.45, 7) is 6.59. The molecule has 0 atom stereocenters. The van der Waals surface area contributed by atoms with Crippen LogP contribution in [0, 0.1) is 0 Å².